The Hall–Kier alpha value is -5.25. The number of hydrogen-bond donors (Lipinski definition) is 1. The highest BCUT2D eigenvalue weighted by atomic mass is 35.5. The van der Waals surface area contributed by atoms with Crippen LogP contribution in [0.4, 0.5) is 11.4 Å². The highest BCUT2D eigenvalue weighted by molar-refractivity contribution is 6.32. The van der Waals surface area contributed by atoms with Gasteiger partial charge in [-0.2, -0.15) is 5.26 Å². The van der Waals surface area contributed by atoms with E-state index in [0.717, 1.165) is 79.1 Å². The standard InChI is InChI=1S/C43H44ClN7O5/c1-26-43(14-19-50(26)33-7-4-28(23-45)36(44)22-33)12-17-47(18-13-43)31-5-2-27(3-6-31)40(54)48-15-10-32(11-16-48)49-24-29-20-34-35(21-30(29)25-49)42(56)51(41(34)55)37-8-9-38(52)46-39(37)53/h2-7,20-22,26,32,37H,8-19,24-25H2,1H3,(H,46,52,53)/t26-,37?/m1/s1. The first-order valence-corrected chi connectivity index (χ1v) is 20.1. The highest BCUT2D eigenvalue weighted by Crippen LogP contribution is 2.48. The van der Waals surface area contributed by atoms with Crippen molar-refractivity contribution in [3.63, 3.8) is 0 Å². The Morgan fingerprint density at radius 1 is 0.821 bits per heavy atom. The zero-order valence-electron chi connectivity index (χ0n) is 31.4. The van der Waals surface area contributed by atoms with E-state index < -0.39 is 29.7 Å². The number of nitriles is 1. The zero-order chi connectivity index (χ0) is 38.9. The summed E-state index contributed by atoms with van der Waals surface area (Å²) in [7, 11) is 0. The minimum atomic E-state index is -0.975. The molecule has 4 saturated heterocycles. The molecule has 56 heavy (non-hydrogen) atoms. The normalized spacial score (nSPS) is 23.8. The zero-order valence-corrected chi connectivity index (χ0v) is 32.2. The summed E-state index contributed by atoms with van der Waals surface area (Å²) in [5.74, 6) is -1.92. The van der Waals surface area contributed by atoms with Crippen LogP contribution in [0.2, 0.25) is 5.02 Å². The van der Waals surface area contributed by atoms with E-state index in [1.165, 1.54) is 0 Å². The van der Waals surface area contributed by atoms with E-state index in [9.17, 15) is 29.2 Å². The van der Waals surface area contributed by atoms with Gasteiger partial charge in [0.15, 0.2) is 0 Å². The Balaban J connectivity index is 0.768. The number of nitrogens with one attached hydrogen (secondary N) is 1. The Bertz CT molecular complexity index is 2160. The molecule has 5 amide bonds. The summed E-state index contributed by atoms with van der Waals surface area (Å²) in [5.41, 5.74) is 6.30. The largest absolute Gasteiger partial charge is 0.371 e. The summed E-state index contributed by atoms with van der Waals surface area (Å²) >= 11 is 6.37. The smallest absolute Gasteiger partial charge is 0.262 e. The number of nitrogens with zero attached hydrogens (tertiary/aromatic N) is 6. The third-order valence-corrected chi connectivity index (χ3v) is 13.9. The molecule has 2 atom stereocenters. The number of carbonyl (C=O) groups excluding carboxylic acids is 5. The number of amides is 5. The van der Waals surface area contributed by atoms with Crippen LogP contribution in [0.5, 0.6) is 0 Å². The summed E-state index contributed by atoms with van der Waals surface area (Å²) in [6, 6.07) is 19.3. The van der Waals surface area contributed by atoms with Gasteiger partial charge in [0.2, 0.25) is 11.8 Å². The number of imide groups is 2. The van der Waals surface area contributed by atoms with E-state index in [2.05, 4.69) is 45.1 Å². The minimum Gasteiger partial charge on any atom is -0.371 e. The summed E-state index contributed by atoms with van der Waals surface area (Å²) < 4.78 is 0. The molecular formula is C43H44ClN7O5. The average molecular weight is 774 g/mol. The van der Waals surface area contributed by atoms with Gasteiger partial charge in [0.25, 0.3) is 17.7 Å². The minimum absolute atomic E-state index is 0.0501. The molecule has 0 saturated carbocycles. The lowest BCUT2D eigenvalue weighted by Crippen LogP contribution is -2.54. The number of likely N-dealkylation sites (tertiary alicyclic amines) is 1. The number of halogens is 1. The fourth-order valence-corrected chi connectivity index (χ4v) is 10.4. The average Bonchev–Trinajstić information content (AvgIpc) is 3.85. The van der Waals surface area contributed by atoms with E-state index >= 15 is 0 Å². The first-order valence-electron chi connectivity index (χ1n) is 19.8. The fourth-order valence-electron chi connectivity index (χ4n) is 10.2. The van der Waals surface area contributed by atoms with E-state index in [1.54, 1.807) is 12.1 Å². The molecule has 13 heteroatoms. The van der Waals surface area contributed by atoms with Crippen molar-refractivity contribution in [2.75, 3.05) is 42.5 Å². The summed E-state index contributed by atoms with van der Waals surface area (Å²) in [5, 5.41) is 12.0. The maximum atomic E-state index is 13.6. The van der Waals surface area contributed by atoms with Gasteiger partial charge in [0.1, 0.15) is 12.1 Å². The van der Waals surface area contributed by atoms with Crippen molar-refractivity contribution in [3.8, 4) is 6.07 Å². The molecule has 6 aliphatic rings. The lowest BCUT2D eigenvalue weighted by Gasteiger charge is -2.44. The molecule has 4 fully saturated rings. The molecule has 0 radical (unpaired) electrons. The van der Waals surface area contributed by atoms with Crippen LogP contribution in [0, 0.1) is 16.7 Å². The van der Waals surface area contributed by atoms with Crippen molar-refractivity contribution >= 4 is 52.5 Å². The molecule has 0 aromatic heterocycles. The quantitative estimate of drug-likeness (QED) is 0.351. The van der Waals surface area contributed by atoms with E-state index in [4.69, 9.17) is 11.6 Å². The predicted octanol–water partition coefficient (Wildman–Crippen LogP) is 5.12. The second-order valence-corrected chi connectivity index (χ2v) is 16.7. The fraction of sp³-hybridized carbons (Fsp3) is 0.442. The number of piperidine rings is 3. The van der Waals surface area contributed by atoms with Crippen molar-refractivity contribution in [1.82, 2.24) is 20.0 Å². The molecule has 0 bridgehead atoms. The molecular weight excluding hydrogens is 730 g/mol. The van der Waals surface area contributed by atoms with Gasteiger partial charge in [-0.3, -0.25) is 39.1 Å². The van der Waals surface area contributed by atoms with E-state index in [-0.39, 0.29) is 30.2 Å². The van der Waals surface area contributed by atoms with Crippen LogP contribution in [0.1, 0.15) is 99.6 Å². The van der Waals surface area contributed by atoms with Gasteiger partial charge in [-0.15, -0.1) is 0 Å². The van der Waals surface area contributed by atoms with Crippen molar-refractivity contribution in [2.45, 2.75) is 83.1 Å². The van der Waals surface area contributed by atoms with Crippen molar-refractivity contribution < 1.29 is 24.0 Å². The maximum absolute atomic E-state index is 13.6. The summed E-state index contributed by atoms with van der Waals surface area (Å²) in [4.78, 5) is 74.6. The monoisotopic (exact) mass is 773 g/mol. The Morgan fingerprint density at radius 3 is 2.05 bits per heavy atom. The third kappa shape index (κ3) is 6.12. The van der Waals surface area contributed by atoms with Crippen LogP contribution in [0.25, 0.3) is 0 Å². The van der Waals surface area contributed by atoms with Crippen LogP contribution < -0.4 is 15.1 Å². The van der Waals surface area contributed by atoms with Crippen LogP contribution >= 0.6 is 11.6 Å². The van der Waals surface area contributed by atoms with Crippen LogP contribution in [0.15, 0.2) is 54.6 Å². The van der Waals surface area contributed by atoms with Crippen molar-refractivity contribution in [2.24, 2.45) is 5.41 Å². The molecule has 6 aliphatic heterocycles. The first kappa shape index (κ1) is 36.4. The van der Waals surface area contributed by atoms with Crippen molar-refractivity contribution in [3.05, 3.63) is 93.0 Å². The van der Waals surface area contributed by atoms with Crippen LogP contribution in [-0.2, 0) is 22.7 Å². The van der Waals surface area contributed by atoms with Gasteiger partial charge in [-0.1, -0.05) is 11.6 Å². The molecule has 3 aromatic rings. The number of benzene rings is 3. The predicted molar refractivity (Wildman–Crippen MR) is 209 cm³/mol. The second-order valence-electron chi connectivity index (χ2n) is 16.3. The highest BCUT2D eigenvalue weighted by Gasteiger charge is 2.47. The topological polar surface area (TPSA) is 137 Å². The van der Waals surface area contributed by atoms with E-state index in [1.807, 2.05) is 35.2 Å². The SMILES string of the molecule is C[C@H]1N(c2ccc(C#N)c(Cl)c2)CCC12CCN(c1ccc(C(=O)N3CCC(N4Cc5cc6c(cc5C4)C(=O)N(C4CCC(=O)NC4=O)C6=O)CC3)cc1)CC2. The van der Waals surface area contributed by atoms with Crippen LogP contribution in [-0.4, -0.2) is 95.1 Å². The molecule has 1 N–H and O–H groups in total. The Kier molecular flexibility index (Phi) is 9.13. The Morgan fingerprint density at radius 2 is 1.45 bits per heavy atom. The molecule has 6 heterocycles. The first-order chi connectivity index (χ1) is 27.0. The molecule has 1 spiro atoms. The lowest BCUT2D eigenvalue weighted by molar-refractivity contribution is -0.136. The molecule has 9 rings (SSSR count). The van der Waals surface area contributed by atoms with Crippen LogP contribution in [0.3, 0.4) is 0 Å². The van der Waals surface area contributed by atoms with Gasteiger partial charge in [0.05, 0.1) is 21.7 Å². The van der Waals surface area contributed by atoms with Gasteiger partial charge in [-0.25, -0.2) is 0 Å². The number of fused-ring (bicyclic) bond motifs is 2. The van der Waals surface area contributed by atoms with Gasteiger partial charge < -0.3 is 14.7 Å². The van der Waals surface area contributed by atoms with Gasteiger partial charge >= 0.3 is 0 Å². The number of anilines is 2. The van der Waals surface area contributed by atoms with E-state index in [0.29, 0.717) is 59.5 Å². The second kappa shape index (κ2) is 14.0. The van der Waals surface area contributed by atoms with Crippen molar-refractivity contribution in [1.29, 1.82) is 5.26 Å². The summed E-state index contributed by atoms with van der Waals surface area (Å²) in [6.07, 6.45) is 5.21. The summed E-state index contributed by atoms with van der Waals surface area (Å²) in [6.45, 7) is 7.85. The van der Waals surface area contributed by atoms with Gasteiger partial charge in [0, 0.05) is 81.3 Å². The number of carbonyl (C=O) groups is 5. The molecule has 12 nitrogen and oxygen atoms in total. The van der Waals surface area contributed by atoms with Gasteiger partial charge in [-0.05, 0) is 117 Å². The number of rotatable bonds is 5. The molecule has 3 aromatic carbocycles. The third-order valence-electron chi connectivity index (χ3n) is 13.6. The molecule has 288 valence electrons. The maximum Gasteiger partial charge on any atom is 0.262 e. The Labute approximate surface area is 330 Å². The lowest BCUT2D eigenvalue weighted by atomic mass is 9.73. The number of hydrogen-bond acceptors (Lipinski definition) is 9. The molecule has 0 aliphatic carbocycles. The molecule has 1 unspecified atom stereocenters.